The number of halogens is 1. The fraction of sp³-hybridized carbons (Fsp3) is 0.207. The number of fused-ring (bicyclic) bond motifs is 1. The van der Waals surface area contributed by atoms with Crippen molar-refractivity contribution in [2.75, 3.05) is 44.5 Å². The molecule has 0 saturated heterocycles. The van der Waals surface area contributed by atoms with Crippen molar-refractivity contribution in [2.24, 2.45) is 4.99 Å². The minimum atomic E-state index is -0.576. The van der Waals surface area contributed by atoms with Gasteiger partial charge >= 0.3 is 6.09 Å². The maximum Gasteiger partial charge on any atom is 0.411 e. The van der Waals surface area contributed by atoms with Crippen molar-refractivity contribution in [3.63, 3.8) is 0 Å². The van der Waals surface area contributed by atoms with E-state index in [4.69, 9.17) is 16.6 Å². The lowest BCUT2D eigenvalue weighted by molar-refractivity contribution is -0.116. The number of carbonyl (C=O) groups excluding carboxylic acids is 2. The Morgan fingerprint density at radius 3 is 2.33 bits per heavy atom. The van der Waals surface area contributed by atoms with Gasteiger partial charge in [0.1, 0.15) is 0 Å². The second-order valence-electron chi connectivity index (χ2n) is 9.18. The molecule has 0 bridgehead atoms. The molecule has 1 heterocycles. The number of aliphatic imine (C=N–C) groups is 1. The smallest absolute Gasteiger partial charge is 0.411 e. The van der Waals surface area contributed by atoms with Gasteiger partial charge in [-0.2, -0.15) is 0 Å². The first-order valence-corrected chi connectivity index (χ1v) is 12.6. The highest BCUT2D eigenvalue weighted by Crippen LogP contribution is 2.33. The number of methoxy groups -OCH3 is 1. The first-order chi connectivity index (χ1) is 18.7. The fourth-order valence-corrected chi connectivity index (χ4v) is 4.32. The highest BCUT2D eigenvalue weighted by atomic mass is 35.5. The molecule has 10 heteroatoms. The van der Waals surface area contributed by atoms with Gasteiger partial charge in [0.25, 0.3) is 0 Å². The summed E-state index contributed by atoms with van der Waals surface area (Å²) < 4.78 is 4.66. The van der Waals surface area contributed by atoms with Crippen LogP contribution in [0, 0.1) is 0 Å². The summed E-state index contributed by atoms with van der Waals surface area (Å²) in [6, 6.07) is 19.7. The number of rotatable bonds is 8. The van der Waals surface area contributed by atoms with Gasteiger partial charge in [-0.05, 0) is 62.6 Å². The summed E-state index contributed by atoms with van der Waals surface area (Å²) in [5, 5.41) is 14.8. The topological polar surface area (TPSA) is 110 Å². The van der Waals surface area contributed by atoms with E-state index in [1.165, 1.54) is 7.11 Å². The number of aromatic hydroxyl groups is 1. The summed E-state index contributed by atoms with van der Waals surface area (Å²) in [7, 11) is 5.22. The predicted molar refractivity (Wildman–Crippen MR) is 156 cm³/mol. The molecule has 0 unspecified atom stereocenters. The molecule has 3 aromatic carbocycles. The Balaban J connectivity index is 1.77. The Labute approximate surface area is 231 Å². The molecule has 4 aromatic rings. The van der Waals surface area contributed by atoms with Crippen molar-refractivity contribution in [1.82, 2.24) is 9.88 Å². The summed E-state index contributed by atoms with van der Waals surface area (Å²) in [6.07, 6.45) is -0.576. The van der Waals surface area contributed by atoms with E-state index in [2.05, 4.69) is 15.0 Å². The van der Waals surface area contributed by atoms with Crippen LogP contribution < -0.4 is 10.2 Å². The molecule has 0 radical (unpaired) electrons. The molecule has 0 aliphatic carbocycles. The predicted octanol–water partition coefficient (Wildman–Crippen LogP) is 5.79. The van der Waals surface area contributed by atoms with Crippen LogP contribution in [0.15, 0.2) is 71.7 Å². The summed E-state index contributed by atoms with van der Waals surface area (Å²) in [5.41, 5.74) is 4.34. The molecule has 3 N–H and O–H groups in total. The molecule has 2 amide bonds. The SMILES string of the molecule is COC(=O)Nc1ccc(C(=Nc2ccc(N(CCN(C)C)C(C)=O)cc2)c2c(O)[nH]c3cc(Cl)ccc23)cc1. The Hall–Kier alpha value is -4.34. The van der Waals surface area contributed by atoms with Crippen LogP contribution in [0.2, 0.25) is 5.02 Å². The molecule has 39 heavy (non-hydrogen) atoms. The Bertz CT molecular complexity index is 1510. The summed E-state index contributed by atoms with van der Waals surface area (Å²) >= 11 is 6.17. The normalized spacial score (nSPS) is 11.6. The first-order valence-electron chi connectivity index (χ1n) is 12.2. The van der Waals surface area contributed by atoms with E-state index in [0.29, 0.717) is 45.3 Å². The Kier molecular flexibility index (Phi) is 8.53. The van der Waals surface area contributed by atoms with Gasteiger partial charge in [0.05, 0.1) is 29.6 Å². The molecule has 0 fully saturated rings. The second-order valence-corrected chi connectivity index (χ2v) is 9.62. The lowest BCUT2D eigenvalue weighted by Gasteiger charge is -2.23. The van der Waals surface area contributed by atoms with Crippen LogP contribution in [0.5, 0.6) is 5.88 Å². The first kappa shape index (κ1) is 27.7. The molecular weight excluding hydrogens is 518 g/mol. The number of ether oxygens (including phenoxy) is 1. The van der Waals surface area contributed by atoms with Crippen molar-refractivity contribution in [1.29, 1.82) is 0 Å². The zero-order valence-corrected chi connectivity index (χ0v) is 22.9. The lowest BCUT2D eigenvalue weighted by Crippen LogP contribution is -2.35. The summed E-state index contributed by atoms with van der Waals surface area (Å²) in [4.78, 5) is 35.5. The summed E-state index contributed by atoms with van der Waals surface area (Å²) in [6.45, 7) is 2.84. The van der Waals surface area contributed by atoms with Crippen molar-refractivity contribution >= 4 is 57.3 Å². The zero-order valence-electron chi connectivity index (χ0n) is 22.2. The van der Waals surface area contributed by atoms with E-state index in [1.54, 1.807) is 48.2 Å². The number of hydrogen-bond acceptors (Lipinski definition) is 6. The van der Waals surface area contributed by atoms with Crippen LogP contribution in [0.25, 0.3) is 10.9 Å². The average molecular weight is 548 g/mol. The molecule has 9 nitrogen and oxygen atoms in total. The number of H-pyrrole nitrogens is 1. The highest BCUT2D eigenvalue weighted by molar-refractivity contribution is 6.31. The van der Waals surface area contributed by atoms with E-state index >= 15 is 0 Å². The molecule has 1 aromatic heterocycles. The van der Waals surface area contributed by atoms with Crippen molar-refractivity contribution in [2.45, 2.75) is 6.92 Å². The number of nitrogens with one attached hydrogen (secondary N) is 2. The van der Waals surface area contributed by atoms with Gasteiger partial charge in [-0.3, -0.25) is 10.1 Å². The largest absolute Gasteiger partial charge is 0.494 e. The maximum absolute atomic E-state index is 12.3. The van der Waals surface area contributed by atoms with Gasteiger partial charge in [-0.15, -0.1) is 0 Å². The number of benzene rings is 3. The number of nitrogens with zero attached hydrogens (tertiary/aromatic N) is 3. The lowest BCUT2D eigenvalue weighted by atomic mass is 10.0. The van der Waals surface area contributed by atoms with E-state index in [9.17, 15) is 14.7 Å². The summed E-state index contributed by atoms with van der Waals surface area (Å²) in [5.74, 6) is -0.0948. The average Bonchev–Trinajstić information content (AvgIpc) is 3.22. The van der Waals surface area contributed by atoms with Crippen LogP contribution in [-0.2, 0) is 9.53 Å². The van der Waals surface area contributed by atoms with Gasteiger partial charge in [0.15, 0.2) is 5.88 Å². The molecule has 0 spiro atoms. The molecule has 0 saturated carbocycles. The number of anilines is 2. The highest BCUT2D eigenvalue weighted by Gasteiger charge is 2.19. The van der Waals surface area contributed by atoms with Crippen LogP contribution in [0.1, 0.15) is 18.1 Å². The zero-order chi connectivity index (χ0) is 28.1. The van der Waals surface area contributed by atoms with Crippen LogP contribution in [0.4, 0.5) is 21.9 Å². The van der Waals surface area contributed by atoms with Crippen LogP contribution in [-0.4, -0.2) is 67.0 Å². The second kappa shape index (κ2) is 12.0. The molecule has 0 atom stereocenters. The van der Waals surface area contributed by atoms with Crippen molar-refractivity contribution in [3.05, 3.63) is 82.9 Å². The van der Waals surface area contributed by atoms with Crippen LogP contribution in [0.3, 0.4) is 0 Å². The van der Waals surface area contributed by atoms with Gasteiger partial charge < -0.3 is 24.6 Å². The van der Waals surface area contributed by atoms with Crippen molar-refractivity contribution in [3.8, 4) is 5.88 Å². The van der Waals surface area contributed by atoms with Gasteiger partial charge in [-0.25, -0.2) is 9.79 Å². The number of aromatic amines is 1. The Morgan fingerprint density at radius 2 is 1.72 bits per heavy atom. The van der Waals surface area contributed by atoms with E-state index in [0.717, 1.165) is 17.6 Å². The maximum atomic E-state index is 12.3. The molecule has 0 aliphatic rings. The number of carbonyl (C=O) groups is 2. The van der Waals surface area contributed by atoms with Crippen LogP contribution >= 0.6 is 11.6 Å². The van der Waals surface area contributed by atoms with E-state index < -0.39 is 6.09 Å². The van der Waals surface area contributed by atoms with Crippen molar-refractivity contribution < 1.29 is 19.4 Å². The minimum absolute atomic E-state index is 0.0446. The number of hydrogen-bond donors (Lipinski definition) is 3. The monoisotopic (exact) mass is 547 g/mol. The number of likely N-dealkylation sites (N-methyl/N-ethyl adjacent to an activating group) is 1. The minimum Gasteiger partial charge on any atom is -0.494 e. The Morgan fingerprint density at radius 1 is 1.03 bits per heavy atom. The molecular formula is C29H30ClN5O4. The third-order valence-corrected chi connectivity index (χ3v) is 6.36. The third-order valence-electron chi connectivity index (χ3n) is 6.12. The molecule has 202 valence electrons. The molecule has 4 rings (SSSR count). The number of amides is 2. The van der Waals surface area contributed by atoms with Gasteiger partial charge in [0, 0.05) is 47.4 Å². The number of aromatic nitrogens is 1. The molecule has 0 aliphatic heterocycles. The quantitative estimate of drug-likeness (QED) is 0.242. The third kappa shape index (κ3) is 6.57. The van der Waals surface area contributed by atoms with E-state index in [-0.39, 0.29) is 11.8 Å². The van der Waals surface area contributed by atoms with E-state index in [1.807, 2.05) is 49.3 Å². The standard InChI is InChI=1S/C29H30ClN5O4/c1-18(36)35(16-15-34(2)3)23-12-10-21(11-13-23)31-27(19-5-8-22(9-6-19)32-29(38)39-4)26-24-14-7-20(30)17-25(24)33-28(26)37/h5-14,17,33,37H,15-16H2,1-4H3,(H,32,38). The fourth-order valence-electron chi connectivity index (χ4n) is 4.14. The van der Waals surface area contributed by atoms with Gasteiger partial charge in [-0.1, -0.05) is 29.8 Å². The van der Waals surface area contributed by atoms with Gasteiger partial charge in [0.2, 0.25) is 5.91 Å².